The van der Waals surface area contributed by atoms with Crippen LogP contribution in [0.5, 0.6) is 0 Å². The van der Waals surface area contributed by atoms with Crippen LogP contribution in [0, 0.1) is 10.8 Å². The van der Waals surface area contributed by atoms with Gasteiger partial charge in [0.1, 0.15) is 0 Å². The van der Waals surface area contributed by atoms with E-state index in [0.29, 0.717) is 12.5 Å². The lowest BCUT2D eigenvalue weighted by molar-refractivity contribution is 0.402. The van der Waals surface area contributed by atoms with Crippen LogP contribution in [0.2, 0.25) is 0 Å². The van der Waals surface area contributed by atoms with E-state index in [4.69, 9.17) is 5.73 Å². The maximum atomic E-state index is 10.0. The van der Waals surface area contributed by atoms with E-state index in [-0.39, 0.29) is 0 Å². The highest BCUT2D eigenvalue weighted by atomic mass is 16.3. The van der Waals surface area contributed by atoms with Gasteiger partial charge in [0.2, 0.25) is 0 Å². The molecule has 0 saturated heterocycles. The Labute approximate surface area is 87.4 Å². The van der Waals surface area contributed by atoms with Crippen molar-refractivity contribution in [3.63, 3.8) is 0 Å². The molecule has 0 aliphatic carbocycles. The van der Waals surface area contributed by atoms with Gasteiger partial charge in [-0.1, -0.05) is 44.2 Å². The molecule has 0 aromatic rings. The summed E-state index contributed by atoms with van der Waals surface area (Å²) in [5, 5.41) is 2.93. The van der Waals surface area contributed by atoms with Gasteiger partial charge < -0.3 is 5.73 Å². The summed E-state index contributed by atoms with van der Waals surface area (Å²) in [6, 6.07) is 0. The van der Waals surface area contributed by atoms with Crippen molar-refractivity contribution < 1.29 is 0 Å². The Hall–Kier alpha value is -0.440. The molecule has 0 amide bonds. The number of nitrogens with two attached hydrogens (primary N) is 1. The third-order valence-corrected chi connectivity index (χ3v) is 2.64. The predicted molar refractivity (Wildman–Crippen MR) is 61.2 cm³/mol. The second kappa shape index (κ2) is 10.6. The molecule has 1 unspecified atom stereocenters. The van der Waals surface area contributed by atoms with Crippen molar-refractivity contribution in [1.82, 2.24) is 0 Å². The van der Waals surface area contributed by atoms with Crippen LogP contribution in [0.25, 0.3) is 0 Å². The number of hydrogen-bond donors (Lipinski definition) is 1. The SMILES string of the molecule is CCCC(CCCCCN)CCN=O. The molecule has 0 bridgehead atoms. The van der Waals surface area contributed by atoms with E-state index < -0.39 is 0 Å². The summed E-state index contributed by atoms with van der Waals surface area (Å²) in [5.74, 6) is 0.704. The van der Waals surface area contributed by atoms with Crippen LogP contribution < -0.4 is 5.73 Å². The fourth-order valence-electron chi connectivity index (χ4n) is 1.83. The fraction of sp³-hybridized carbons (Fsp3) is 1.00. The molecule has 0 aliphatic heterocycles. The van der Waals surface area contributed by atoms with E-state index in [9.17, 15) is 4.91 Å². The van der Waals surface area contributed by atoms with Gasteiger partial charge in [-0.25, -0.2) is 0 Å². The number of hydrogen-bond acceptors (Lipinski definition) is 3. The molecule has 0 spiro atoms. The fourth-order valence-corrected chi connectivity index (χ4v) is 1.83. The van der Waals surface area contributed by atoms with Gasteiger partial charge in [0, 0.05) is 0 Å². The topological polar surface area (TPSA) is 55.4 Å². The molecule has 3 nitrogen and oxygen atoms in total. The standard InChI is InChI=1S/C11H24N2O/c1-2-6-11(8-10-13-14)7-4-3-5-9-12/h11H,2-10,12H2,1H3. The van der Waals surface area contributed by atoms with Crippen LogP contribution in [-0.4, -0.2) is 13.1 Å². The average Bonchev–Trinajstić information content (AvgIpc) is 2.20. The number of nitroso groups, excluding NO2 is 1. The van der Waals surface area contributed by atoms with Crippen LogP contribution in [0.4, 0.5) is 0 Å². The second-order valence-electron chi connectivity index (χ2n) is 3.93. The molecule has 0 aliphatic rings. The van der Waals surface area contributed by atoms with E-state index in [1.54, 1.807) is 0 Å². The first-order valence-corrected chi connectivity index (χ1v) is 5.84. The van der Waals surface area contributed by atoms with Crippen LogP contribution in [0.15, 0.2) is 5.18 Å². The Bertz CT molecular complexity index is 128. The average molecular weight is 200 g/mol. The van der Waals surface area contributed by atoms with Gasteiger partial charge in [-0.3, -0.25) is 0 Å². The summed E-state index contributed by atoms with van der Waals surface area (Å²) in [4.78, 5) is 10.0. The quantitative estimate of drug-likeness (QED) is 0.435. The molecule has 0 heterocycles. The number of rotatable bonds is 10. The summed E-state index contributed by atoms with van der Waals surface area (Å²) in [6.07, 6.45) is 8.26. The summed E-state index contributed by atoms with van der Waals surface area (Å²) >= 11 is 0. The largest absolute Gasteiger partial charge is 0.330 e. The van der Waals surface area contributed by atoms with Crippen molar-refractivity contribution in [2.75, 3.05) is 13.1 Å². The maximum Gasteiger partial charge on any atom is 0.0813 e. The first-order chi connectivity index (χ1) is 6.85. The zero-order valence-corrected chi connectivity index (χ0v) is 9.37. The van der Waals surface area contributed by atoms with Gasteiger partial charge in [0.25, 0.3) is 0 Å². The molecule has 0 fully saturated rings. The number of nitrogens with zero attached hydrogens (tertiary/aromatic N) is 1. The Morgan fingerprint density at radius 1 is 1.14 bits per heavy atom. The molecule has 0 saturated carbocycles. The summed E-state index contributed by atoms with van der Waals surface area (Å²) < 4.78 is 0. The van der Waals surface area contributed by atoms with Gasteiger partial charge in [-0.2, -0.15) is 4.91 Å². The first kappa shape index (κ1) is 13.6. The zero-order valence-electron chi connectivity index (χ0n) is 9.37. The van der Waals surface area contributed by atoms with Crippen molar-refractivity contribution in [2.24, 2.45) is 16.8 Å². The molecule has 3 heteroatoms. The van der Waals surface area contributed by atoms with Crippen LogP contribution in [0.1, 0.15) is 51.9 Å². The molecule has 84 valence electrons. The molecule has 2 N–H and O–H groups in total. The summed E-state index contributed by atoms with van der Waals surface area (Å²) in [6.45, 7) is 3.48. The molecule has 1 atom stereocenters. The summed E-state index contributed by atoms with van der Waals surface area (Å²) in [7, 11) is 0. The third-order valence-electron chi connectivity index (χ3n) is 2.64. The zero-order chi connectivity index (χ0) is 10.6. The molecule has 0 radical (unpaired) electrons. The van der Waals surface area contributed by atoms with E-state index >= 15 is 0 Å². The Morgan fingerprint density at radius 3 is 2.50 bits per heavy atom. The van der Waals surface area contributed by atoms with Gasteiger partial charge in [0.15, 0.2) is 0 Å². The highest BCUT2D eigenvalue weighted by molar-refractivity contribution is 4.61. The molecular formula is C11H24N2O. The normalized spacial score (nSPS) is 12.7. The Morgan fingerprint density at radius 2 is 1.93 bits per heavy atom. The first-order valence-electron chi connectivity index (χ1n) is 5.84. The minimum absolute atomic E-state index is 0.488. The van der Waals surface area contributed by atoms with Crippen LogP contribution in [0.3, 0.4) is 0 Å². The molecular weight excluding hydrogens is 176 g/mol. The highest BCUT2D eigenvalue weighted by Gasteiger charge is 2.06. The van der Waals surface area contributed by atoms with Gasteiger partial charge in [-0.05, 0) is 25.3 Å². The lowest BCUT2D eigenvalue weighted by Gasteiger charge is -2.13. The van der Waals surface area contributed by atoms with Crippen LogP contribution >= 0.6 is 0 Å². The Kier molecular flexibility index (Phi) is 10.3. The predicted octanol–water partition coefficient (Wildman–Crippen LogP) is 3.08. The molecule has 14 heavy (non-hydrogen) atoms. The van der Waals surface area contributed by atoms with Crippen molar-refractivity contribution in [3.05, 3.63) is 4.91 Å². The van der Waals surface area contributed by atoms with Crippen molar-refractivity contribution in [1.29, 1.82) is 0 Å². The number of unbranched alkanes of at least 4 members (excludes halogenated alkanes) is 2. The molecule has 0 aromatic heterocycles. The van der Waals surface area contributed by atoms with E-state index in [1.165, 1.54) is 32.1 Å². The van der Waals surface area contributed by atoms with Crippen molar-refractivity contribution >= 4 is 0 Å². The maximum absolute atomic E-state index is 10.0. The Balaban J connectivity index is 3.45. The lowest BCUT2D eigenvalue weighted by Crippen LogP contribution is -2.03. The molecule has 0 rings (SSSR count). The highest BCUT2D eigenvalue weighted by Crippen LogP contribution is 2.19. The van der Waals surface area contributed by atoms with Gasteiger partial charge >= 0.3 is 0 Å². The monoisotopic (exact) mass is 200 g/mol. The summed E-state index contributed by atoms with van der Waals surface area (Å²) in [5.41, 5.74) is 5.43. The van der Waals surface area contributed by atoms with E-state index in [1.807, 2.05) is 0 Å². The van der Waals surface area contributed by atoms with Gasteiger partial charge in [0.05, 0.1) is 6.54 Å². The lowest BCUT2D eigenvalue weighted by atomic mass is 9.93. The third kappa shape index (κ3) is 8.17. The smallest absolute Gasteiger partial charge is 0.0813 e. The molecule has 0 aromatic carbocycles. The second-order valence-corrected chi connectivity index (χ2v) is 3.93. The van der Waals surface area contributed by atoms with Gasteiger partial charge in [-0.15, -0.1) is 0 Å². The van der Waals surface area contributed by atoms with E-state index in [2.05, 4.69) is 12.1 Å². The van der Waals surface area contributed by atoms with Crippen LogP contribution in [-0.2, 0) is 0 Å². The minimum Gasteiger partial charge on any atom is -0.330 e. The van der Waals surface area contributed by atoms with Crippen molar-refractivity contribution in [3.8, 4) is 0 Å². The minimum atomic E-state index is 0.488. The van der Waals surface area contributed by atoms with E-state index in [0.717, 1.165) is 19.4 Å². The van der Waals surface area contributed by atoms with Crippen molar-refractivity contribution in [2.45, 2.75) is 51.9 Å².